The minimum absolute atomic E-state index is 0.0798. The number of carbonyl (C=O) groups excluding carboxylic acids is 1. The normalized spacial score (nSPS) is 19.5. The summed E-state index contributed by atoms with van der Waals surface area (Å²) in [7, 11) is 0. The number of amides is 1. The van der Waals surface area contributed by atoms with Crippen LogP contribution in [0.3, 0.4) is 0 Å². The second kappa shape index (κ2) is 6.50. The van der Waals surface area contributed by atoms with Crippen molar-refractivity contribution in [3.63, 3.8) is 0 Å². The van der Waals surface area contributed by atoms with E-state index < -0.39 is 17.9 Å². The molecule has 0 fully saturated rings. The molecule has 1 N–H and O–H groups in total. The molecule has 1 aromatic carbocycles. The van der Waals surface area contributed by atoms with Gasteiger partial charge in [-0.05, 0) is 26.8 Å². The fourth-order valence-corrected chi connectivity index (χ4v) is 3.71. The molecule has 0 aliphatic carbocycles. The van der Waals surface area contributed by atoms with E-state index in [0.717, 1.165) is 12.0 Å². The average molecular weight is 386 g/mol. The second-order valence-electron chi connectivity index (χ2n) is 7.72. The quantitative estimate of drug-likeness (QED) is 0.841. The lowest BCUT2D eigenvalue weighted by molar-refractivity contribution is -0.153. The van der Waals surface area contributed by atoms with Crippen molar-refractivity contribution in [2.45, 2.75) is 51.9 Å². The summed E-state index contributed by atoms with van der Waals surface area (Å²) in [5.41, 5.74) is 0.703. The maximum atomic E-state index is 12.8. The molecule has 0 bridgehead atoms. The minimum atomic E-state index is -1.07. The zero-order valence-corrected chi connectivity index (χ0v) is 16.0. The molecular weight excluding hydrogens is 364 g/mol. The molecular formula is C19H22N4O5. The second-order valence-corrected chi connectivity index (χ2v) is 7.72. The third kappa shape index (κ3) is 3.17. The van der Waals surface area contributed by atoms with E-state index in [-0.39, 0.29) is 25.3 Å². The van der Waals surface area contributed by atoms with E-state index in [1.54, 1.807) is 17.6 Å². The zero-order chi connectivity index (χ0) is 20.1. The maximum Gasteiger partial charge on any atom is 0.328 e. The van der Waals surface area contributed by atoms with Crippen LogP contribution in [-0.2, 0) is 29.1 Å². The minimum Gasteiger partial charge on any atom is -0.483 e. The topological polar surface area (TPSA) is 107 Å². The van der Waals surface area contributed by atoms with Crippen LogP contribution in [0.2, 0.25) is 0 Å². The predicted molar refractivity (Wildman–Crippen MR) is 97.1 cm³/mol. The van der Waals surface area contributed by atoms with E-state index in [0.29, 0.717) is 23.1 Å². The Balaban J connectivity index is 1.50. The SMILES string of the molecule is Cc1nnc2n1CC(C(=O)O)N(C(=O)COc1cccc3c1OC(C)(C)C3)C2. The first kappa shape index (κ1) is 18.3. The molecule has 9 nitrogen and oxygen atoms in total. The van der Waals surface area contributed by atoms with Gasteiger partial charge in [0.2, 0.25) is 0 Å². The lowest BCUT2D eigenvalue weighted by Crippen LogP contribution is -2.52. The summed E-state index contributed by atoms with van der Waals surface area (Å²) < 4.78 is 13.4. The van der Waals surface area contributed by atoms with Crippen molar-refractivity contribution < 1.29 is 24.2 Å². The average Bonchev–Trinajstić information content (AvgIpc) is 3.16. The Morgan fingerprint density at radius 2 is 2.14 bits per heavy atom. The largest absolute Gasteiger partial charge is 0.483 e. The summed E-state index contributed by atoms with van der Waals surface area (Å²) in [6, 6.07) is 4.59. The molecule has 9 heteroatoms. The van der Waals surface area contributed by atoms with Crippen LogP contribution in [0, 0.1) is 6.92 Å². The highest BCUT2D eigenvalue weighted by molar-refractivity contribution is 5.84. The van der Waals surface area contributed by atoms with Gasteiger partial charge in [-0.15, -0.1) is 10.2 Å². The molecule has 2 aromatic rings. The Kier molecular flexibility index (Phi) is 4.24. The first-order valence-electron chi connectivity index (χ1n) is 9.10. The summed E-state index contributed by atoms with van der Waals surface area (Å²) in [5, 5.41) is 17.6. The molecule has 28 heavy (non-hydrogen) atoms. The van der Waals surface area contributed by atoms with Crippen LogP contribution in [0.25, 0.3) is 0 Å². The molecule has 3 heterocycles. The van der Waals surface area contributed by atoms with Gasteiger partial charge in [-0.25, -0.2) is 4.79 Å². The van der Waals surface area contributed by atoms with Crippen molar-refractivity contribution in [2.24, 2.45) is 0 Å². The number of hydrogen-bond acceptors (Lipinski definition) is 6. The number of aromatic nitrogens is 3. The van der Waals surface area contributed by atoms with Crippen LogP contribution >= 0.6 is 0 Å². The van der Waals surface area contributed by atoms with Gasteiger partial charge in [-0.1, -0.05) is 12.1 Å². The number of nitrogens with zero attached hydrogens (tertiary/aromatic N) is 4. The predicted octanol–water partition coefficient (Wildman–Crippen LogP) is 1.17. The fraction of sp³-hybridized carbons (Fsp3) is 0.474. The number of fused-ring (bicyclic) bond motifs is 2. The molecule has 2 aliphatic rings. The third-order valence-corrected chi connectivity index (χ3v) is 5.07. The molecule has 1 unspecified atom stereocenters. The number of carbonyl (C=O) groups is 2. The van der Waals surface area contributed by atoms with Crippen molar-refractivity contribution >= 4 is 11.9 Å². The molecule has 0 saturated heterocycles. The molecule has 0 saturated carbocycles. The Morgan fingerprint density at radius 3 is 2.89 bits per heavy atom. The van der Waals surface area contributed by atoms with E-state index in [2.05, 4.69) is 10.2 Å². The molecule has 2 aliphatic heterocycles. The molecule has 0 spiro atoms. The lowest BCUT2D eigenvalue weighted by atomic mass is 10.0. The summed E-state index contributed by atoms with van der Waals surface area (Å²) in [6.45, 7) is 5.66. The maximum absolute atomic E-state index is 12.8. The number of benzene rings is 1. The lowest BCUT2D eigenvalue weighted by Gasteiger charge is -2.33. The van der Waals surface area contributed by atoms with Crippen LogP contribution in [0.1, 0.15) is 31.1 Å². The number of hydrogen-bond donors (Lipinski definition) is 1. The van der Waals surface area contributed by atoms with Gasteiger partial charge in [0.05, 0.1) is 13.1 Å². The van der Waals surface area contributed by atoms with E-state index >= 15 is 0 Å². The molecule has 1 atom stereocenters. The van der Waals surface area contributed by atoms with Gasteiger partial charge >= 0.3 is 5.97 Å². The number of rotatable bonds is 4. The van der Waals surface area contributed by atoms with Crippen molar-refractivity contribution in [2.75, 3.05) is 6.61 Å². The fourth-order valence-electron chi connectivity index (χ4n) is 3.71. The highest BCUT2D eigenvalue weighted by atomic mass is 16.5. The standard InChI is InChI=1S/C19H22N4O5/c1-11-20-21-15-9-23(13(18(25)26)8-22(11)15)16(24)10-27-14-6-4-5-12-7-19(2,3)28-17(12)14/h4-6,13H,7-10H2,1-3H3,(H,25,26). The number of ether oxygens (including phenoxy) is 2. The number of aliphatic carboxylic acids is 1. The van der Waals surface area contributed by atoms with Gasteiger partial charge in [-0.2, -0.15) is 0 Å². The smallest absolute Gasteiger partial charge is 0.328 e. The van der Waals surface area contributed by atoms with Crippen LogP contribution in [-0.4, -0.2) is 54.9 Å². The molecule has 0 radical (unpaired) electrons. The summed E-state index contributed by atoms with van der Waals surface area (Å²) in [4.78, 5) is 25.7. The molecule has 148 valence electrons. The number of carboxylic acid groups (broad SMARTS) is 1. The van der Waals surface area contributed by atoms with Gasteiger partial charge in [0.15, 0.2) is 23.9 Å². The van der Waals surface area contributed by atoms with Gasteiger partial charge in [0.1, 0.15) is 17.5 Å². The van der Waals surface area contributed by atoms with E-state index in [9.17, 15) is 14.7 Å². The van der Waals surface area contributed by atoms with Crippen molar-refractivity contribution in [1.29, 1.82) is 0 Å². The zero-order valence-electron chi connectivity index (χ0n) is 16.0. The van der Waals surface area contributed by atoms with Crippen LogP contribution in [0.4, 0.5) is 0 Å². The highest BCUT2D eigenvalue weighted by Gasteiger charge is 2.37. The third-order valence-electron chi connectivity index (χ3n) is 5.07. The van der Waals surface area contributed by atoms with E-state index in [1.165, 1.54) is 4.90 Å². The molecule has 1 amide bonds. The van der Waals surface area contributed by atoms with Crippen molar-refractivity contribution in [3.05, 3.63) is 35.4 Å². The Hall–Kier alpha value is -3.10. The van der Waals surface area contributed by atoms with E-state index in [4.69, 9.17) is 9.47 Å². The highest BCUT2D eigenvalue weighted by Crippen LogP contribution is 2.41. The molecule has 1 aromatic heterocycles. The van der Waals surface area contributed by atoms with Crippen LogP contribution in [0.15, 0.2) is 18.2 Å². The number of aryl methyl sites for hydroxylation is 1. The van der Waals surface area contributed by atoms with Gasteiger partial charge in [0, 0.05) is 12.0 Å². The first-order valence-corrected chi connectivity index (χ1v) is 9.10. The van der Waals surface area contributed by atoms with Crippen molar-refractivity contribution in [3.8, 4) is 11.5 Å². The summed E-state index contributed by atoms with van der Waals surface area (Å²) >= 11 is 0. The number of para-hydroxylation sites is 1. The summed E-state index contributed by atoms with van der Waals surface area (Å²) in [5.74, 6) is 0.827. The molecule has 4 rings (SSSR count). The monoisotopic (exact) mass is 386 g/mol. The Bertz CT molecular complexity index is 952. The van der Waals surface area contributed by atoms with Crippen molar-refractivity contribution in [1.82, 2.24) is 19.7 Å². The van der Waals surface area contributed by atoms with E-state index in [1.807, 2.05) is 26.0 Å². The first-order chi connectivity index (χ1) is 13.2. The summed E-state index contributed by atoms with van der Waals surface area (Å²) in [6.07, 6.45) is 0.760. The van der Waals surface area contributed by atoms with Gasteiger partial charge in [-0.3, -0.25) is 4.79 Å². The Morgan fingerprint density at radius 1 is 1.36 bits per heavy atom. The Labute approximate surface area is 161 Å². The van der Waals surface area contributed by atoms with Gasteiger partial charge < -0.3 is 24.0 Å². The van der Waals surface area contributed by atoms with Crippen LogP contribution in [0.5, 0.6) is 11.5 Å². The number of carboxylic acids is 1. The van der Waals surface area contributed by atoms with Crippen LogP contribution < -0.4 is 9.47 Å². The van der Waals surface area contributed by atoms with Gasteiger partial charge in [0.25, 0.3) is 5.91 Å².